The number of fused-ring (bicyclic) bond motifs is 1. The van der Waals surface area contributed by atoms with Crippen LogP contribution in [-0.2, 0) is 22.4 Å². The Kier molecular flexibility index (Phi) is 6.87. The highest BCUT2D eigenvalue weighted by Crippen LogP contribution is 2.32. The molecule has 2 aromatic carbocycles. The molecule has 164 valence electrons. The van der Waals surface area contributed by atoms with Crippen molar-refractivity contribution in [3.05, 3.63) is 65.2 Å². The SMILES string of the molecule is CN1CCc2cc([C@@H](CNC(=O)C(=O)NCCc3ccccc3)N3CCCC3)ccc21. The lowest BCUT2D eigenvalue weighted by Crippen LogP contribution is -2.44. The third-order valence-corrected chi connectivity index (χ3v) is 6.40. The molecule has 2 N–H and O–H groups in total. The lowest BCUT2D eigenvalue weighted by molar-refractivity contribution is -0.139. The summed E-state index contributed by atoms with van der Waals surface area (Å²) >= 11 is 0. The standard InChI is InChI=1S/C25H32N4O2/c1-28-16-12-21-17-20(9-10-22(21)28)23(29-14-5-6-15-29)18-27-25(31)24(30)26-13-11-19-7-3-2-4-8-19/h2-4,7-10,17,23H,5-6,11-16,18H2,1H3,(H,26,30)(H,27,31)/t23-/m1/s1. The molecule has 0 bridgehead atoms. The molecule has 1 saturated heterocycles. The Bertz CT molecular complexity index is 909. The summed E-state index contributed by atoms with van der Waals surface area (Å²) in [5.41, 5.74) is 5.03. The van der Waals surface area contributed by atoms with Crippen molar-refractivity contribution in [1.29, 1.82) is 0 Å². The molecule has 2 aliphatic heterocycles. The third-order valence-electron chi connectivity index (χ3n) is 6.40. The van der Waals surface area contributed by atoms with Crippen LogP contribution in [0.2, 0.25) is 0 Å². The normalized spacial score (nSPS) is 16.7. The van der Waals surface area contributed by atoms with E-state index in [0.717, 1.165) is 31.6 Å². The molecule has 0 radical (unpaired) electrons. The number of benzene rings is 2. The minimum atomic E-state index is -0.563. The van der Waals surface area contributed by atoms with E-state index >= 15 is 0 Å². The molecule has 1 atom stereocenters. The summed E-state index contributed by atoms with van der Waals surface area (Å²) in [5.74, 6) is -1.12. The molecule has 6 nitrogen and oxygen atoms in total. The number of likely N-dealkylation sites (tertiary alicyclic amines) is 1. The van der Waals surface area contributed by atoms with Gasteiger partial charge in [0, 0.05) is 32.4 Å². The van der Waals surface area contributed by atoms with E-state index < -0.39 is 11.8 Å². The largest absolute Gasteiger partial charge is 0.374 e. The van der Waals surface area contributed by atoms with Gasteiger partial charge in [-0.05, 0) is 61.5 Å². The summed E-state index contributed by atoms with van der Waals surface area (Å²) < 4.78 is 0. The third kappa shape index (κ3) is 5.25. The van der Waals surface area contributed by atoms with Crippen LogP contribution in [-0.4, -0.2) is 56.5 Å². The van der Waals surface area contributed by atoms with Gasteiger partial charge in [-0.3, -0.25) is 14.5 Å². The molecule has 4 rings (SSSR count). The minimum absolute atomic E-state index is 0.0970. The van der Waals surface area contributed by atoms with Gasteiger partial charge >= 0.3 is 11.8 Å². The van der Waals surface area contributed by atoms with E-state index in [2.05, 4.69) is 45.7 Å². The van der Waals surface area contributed by atoms with Gasteiger partial charge in [0.2, 0.25) is 0 Å². The minimum Gasteiger partial charge on any atom is -0.374 e. The van der Waals surface area contributed by atoms with Crippen LogP contribution in [0.1, 0.15) is 35.6 Å². The van der Waals surface area contributed by atoms with E-state index in [0.29, 0.717) is 19.5 Å². The van der Waals surface area contributed by atoms with Crippen LogP contribution in [0.5, 0.6) is 0 Å². The Balaban J connectivity index is 1.34. The molecule has 2 heterocycles. The predicted molar refractivity (Wildman–Crippen MR) is 123 cm³/mol. The van der Waals surface area contributed by atoms with Gasteiger partial charge in [-0.2, -0.15) is 0 Å². The molecule has 0 aromatic heterocycles. The van der Waals surface area contributed by atoms with Crippen molar-refractivity contribution in [2.24, 2.45) is 0 Å². The summed E-state index contributed by atoms with van der Waals surface area (Å²) in [6.45, 7) is 4.00. The first kappa shape index (κ1) is 21.4. The summed E-state index contributed by atoms with van der Waals surface area (Å²) in [6, 6.07) is 16.7. The number of anilines is 1. The molecule has 1 fully saturated rings. The zero-order valence-corrected chi connectivity index (χ0v) is 18.3. The van der Waals surface area contributed by atoms with Crippen molar-refractivity contribution >= 4 is 17.5 Å². The van der Waals surface area contributed by atoms with E-state index in [1.54, 1.807) is 0 Å². The fourth-order valence-corrected chi connectivity index (χ4v) is 4.62. The second kappa shape index (κ2) is 9.96. The first-order chi connectivity index (χ1) is 15.1. The molecule has 0 spiro atoms. The van der Waals surface area contributed by atoms with Gasteiger partial charge in [-0.25, -0.2) is 0 Å². The number of nitrogens with zero attached hydrogens (tertiary/aromatic N) is 2. The van der Waals surface area contributed by atoms with Crippen molar-refractivity contribution in [3.63, 3.8) is 0 Å². The summed E-state index contributed by atoms with van der Waals surface area (Å²) in [5, 5.41) is 5.61. The summed E-state index contributed by atoms with van der Waals surface area (Å²) in [6.07, 6.45) is 4.12. The molecule has 31 heavy (non-hydrogen) atoms. The second-order valence-electron chi connectivity index (χ2n) is 8.52. The molecule has 0 aliphatic carbocycles. The van der Waals surface area contributed by atoms with E-state index in [1.165, 1.54) is 29.7 Å². The van der Waals surface area contributed by atoms with Gasteiger partial charge in [-0.15, -0.1) is 0 Å². The molecule has 2 aliphatic rings. The van der Waals surface area contributed by atoms with E-state index in [9.17, 15) is 9.59 Å². The van der Waals surface area contributed by atoms with Crippen molar-refractivity contribution in [2.45, 2.75) is 31.7 Å². The number of hydrogen-bond acceptors (Lipinski definition) is 4. The quantitative estimate of drug-likeness (QED) is 0.675. The molecular formula is C25H32N4O2. The van der Waals surface area contributed by atoms with Gasteiger partial charge in [0.1, 0.15) is 0 Å². The highest BCUT2D eigenvalue weighted by atomic mass is 16.2. The first-order valence-corrected chi connectivity index (χ1v) is 11.3. The van der Waals surface area contributed by atoms with Crippen molar-refractivity contribution in [1.82, 2.24) is 15.5 Å². The lowest BCUT2D eigenvalue weighted by atomic mass is 10.0. The Labute approximate surface area is 184 Å². The number of nitrogens with one attached hydrogen (secondary N) is 2. The Hall–Kier alpha value is -2.86. The maximum Gasteiger partial charge on any atom is 0.309 e. The smallest absolute Gasteiger partial charge is 0.309 e. The van der Waals surface area contributed by atoms with E-state index in [4.69, 9.17) is 0 Å². The number of likely N-dealkylation sites (N-methyl/N-ethyl adjacent to an activating group) is 1. The van der Waals surface area contributed by atoms with Crippen LogP contribution in [0.15, 0.2) is 48.5 Å². The molecule has 2 aromatic rings. The molecule has 2 amide bonds. The Morgan fingerprint density at radius 2 is 1.71 bits per heavy atom. The average Bonchev–Trinajstić information content (AvgIpc) is 3.45. The van der Waals surface area contributed by atoms with Crippen LogP contribution in [0, 0.1) is 0 Å². The van der Waals surface area contributed by atoms with Gasteiger partial charge in [-0.1, -0.05) is 42.5 Å². The van der Waals surface area contributed by atoms with Gasteiger partial charge in [0.05, 0.1) is 6.04 Å². The van der Waals surface area contributed by atoms with Crippen LogP contribution in [0.4, 0.5) is 5.69 Å². The average molecular weight is 421 g/mol. The second-order valence-corrected chi connectivity index (χ2v) is 8.52. The van der Waals surface area contributed by atoms with Crippen LogP contribution in [0.25, 0.3) is 0 Å². The predicted octanol–water partition coefficient (Wildman–Crippen LogP) is 2.29. The highest BCUT2D eigenvalue weighted by molar-refractivity contribution is 6.35. The van der Waals surface area contributed by atoms with Gasteiger partial charge in [0.15, 0.2) is 0 Å². The number of amides is 2. The molecule has 0 unspecified atom stereocenters. The first-order valence-electron chi connectivity index (χ1n) is 11.3. The Morgan fingerprint density at radius 3 is 2.48 bits per heavy atom. The molecular weight excluding hydrogens is 388 g/mol. The van der Waals surface area contributed by atoms with Crippen molar-refractivity contribution in [2.75, 3.05) is 44.7 Å². The monoisotopic (exact) mass is 420 g/mol. The Morgan fingerprint density at radius 1 is 0.968 bits per heavy atom. The highest BCUT2D eigenvalue weighted by Gasteiger charge is 2.26. The van der Waals surface area contributed by atoms with E-state index in [-0.39, 0.29) is 6.04 Å². The molecule has 6 heteroatoms. The van der Waals surface area contributed by atoms with Gasteiger partial charge in [0.25, 0.3) is 0 Å². The van der Waals surface area contributed by atoms with Crippen LogP contribution < -0.4 is 15.5 Å². The fourth-order valence-electron chi connectivity index (χ4n) is 4.62. The maximum absolute atomic E-state index is 12.4. The summed E-state index contributed by atoms with van der Waals surface area (Å²) in [7, 11) is 2.13. The van der Waals surface area contributed by atoms with Crippen molar-refractivity contribution in [3.8, 4) is 0 Å². The summed E-state index contributed by atoms with van der Waals surface area (Å²) in [4.78, 5) is 29.4. The van der Waals surface area contributed by atoms with Crippen LogP contribution >= 0.6 is 0 Å². The topological polar surface area (TPSA) is 64.7 Å². The maximum atomic E-state index is 12.4. The number of carbonyl (C=O) groups is 2. The molecule has 0 saturated carbocycles. The van der Waals surface area contributed by atoms with Crippen LogP contribution in [0.3, 0.4) is 0 Å². The number of carbonyl (C=O) groups excluding carboxylic acids is 2. The van der Waals surface area contributed by atoms with E-state index in [1.807, 2.05) is 30.3 Å². The number of hydrogen-bond donors (Lipinski definition) is 2. The zero-order valence-electron chi connectivity index (χ0n) is 18.3. The van der Waals surface area contributed by atoms with Gasteiger partial charge < -0.3 is 15.5 Å². The van der Waals surface area contributed by atoms with Crippen molar-refractivity contribution < 1.29 is 9.59 Å². The lowest BCUT2D eigenvalue weighted by Gasteiger charge is -2.28. The fraction of sp³-hybridized carbons (Fsp3) is 0.440. The zero-order chi connectivity index (χ0) is 21.6. The number of rotatable bonds is 7.